The van der Waals surface area contributed by atoms with Gasteiger partial charge in [-0.1, -0.05) is 120 Å². The number of nitriles is 1. The second-order valence-electron chi connectivity index (χ2n) is 12.8. The van der Waals surface area contributed by atoms with Gasteiger partial charge in [-0.05, 0) is 97.8 Å². The van der Waals surface area contributed by atoms with Gasteiger partial charge in [-0.2, -0.15) is 5.26 Å². The molecule has 2 aliphatic rings. The Hall–Kier alpha value is -2.07. The molecule has 2 aliphatic carbocycles. The van der Waals surface area contributed by atoms with Crippen LogP contribution in [0.2, 0.25) is 0 Å². The molecule has 0 aliphatic heterocycles. The molecule has 2 aromatic carbocycles. The van der Waals surface area contributed by atoms with Crippen molar-refractivity contribution in [1.82, 2.24) is 0 Å². The van der Waals surface area contributed by atoms with Gasteiger partial charge >= 0.3 is 0 Å². The highest BCUT2D eigenvalue weighted by Crippen LogP contribution is 2.46. The van der Waals surface area contributed by atoms with E-state index in [1.165, 1.54) is 100 Å². The summed E-state index contributed by atoms with van der Waals surface area (Å²) in [6.45, 7) is 4.57. The number of hydrogen-bond acceptors (Lipinski definition) is 1. The molecule has 0 radical (unpaired) electrons. The van der Waals surface area contributed by atoms with Crippen LogP contribution >= 0.6 is 0 Å². The van der Waals surface area contributed by atoms with E-state index in [-0.39, 0.29) is 5.41 Å². The van der Waals surface area contributed by atoms with Gasteiger partial charge in [-0.25, -0.2) is 0 Å². The summed E-state index contributed by atoms with van der Waals surface area (Å²) in [5.74, 6) is 2.36. The number of rotatable bonds is 13. The zero-order valence-corrected chi connectivity index (χ0v) is 24.5. The first-order valence-corrected chi connectivity index (χ1v) is 16.3. The van der Waals surface area contributed by atoms with Crippen LogP contribution in [0.15, 0.2) is 48.5 Å². The third kappa shape index (κ3) is 7.97. The molecular formula is C37H53N. The fraction of sp³-hybridized carbons (Fsp3) is 0.649. The Balaban J connectivity index is 1.25. The van der Waals surface area contributed by atoms with E-state index in [1.54, 1.807) is 5.56 Å². The van der Waals surface area contributed by atoms with Gasteiger partial charge in [0.15, 0.2) is 0 Å². The molecule has 0 aromatic heterocycles. The summed E-state index contributed by atoms with van der Waals surface area (Å²) in [4.78, 5) is 0. The third-order valence-electron chi connectivity index (χ3n) is 10.1. The van der Waals surface area contributed by atoms with Crippen molar-refractivity contribution >= 4 is 0 Å². The van der Waals surface area contributed by atoms with Crippen molar-refractivity contribution < 1.29 is 0 Å². The summed E-state index contributed by atoms with van der Waals surface area (Å²) in [6, 6.07) is 21.6. The standard InChI is InChI=1S/C37H53N/c1-3-5-7-8-10-26-37(29-38)27-24-36(25-28-37)35-22-20-34(21-23-35)33-18-16-32(17-19-33)31-14-12-30(13-15-31)11-9-6-4-2/h16-23,30-31,36H,3-15,24-28H2,1-2H3/t30-,31-,36-,37-. The summed E-state index contributed by atoms with van der Waals surface area (Å²) in [5, 5.41) is 9.97. The van der Waals surface area contributed by atoms with Crippen LogP contribution in [0.25, 0.3) is 11.1 Å². The summed E-state index contributed by atoms with van der Waals surface area (Å²) in [6.07, 6.45) is 23.3. The lowest BCUT2D eigenvalue weighted by Crippen LogP contribution is -2.25. The van der Waals surface area contributed by atoms with Crippen LogP contribution in [0.4, 0.5) is 0 Å². The fourth-order valence-electron chi connectivity index (χ4n) is 7.35. The molecule has 2 fully saturated rings. The molecule has 1 nitrogen and oxygen atoms in total. The molecule has 38 heavy (non-hydrogen) atoms. The lowest BCUT2D eigenvalue weighted by molar-refractivity contribution is 0.223. The van der Waals surface area contributed by atoms with E-state index in [2.05, 4.69) is 68.4 Å². The van der Waals surface area contributed by atoms with Gasteiger partial charge < -0.3 is 0 Å². The van der Waals surface area contributed by atoms with Crippen LogP contribution in [-0.4, -0.2) is 0 Å². The molecule has 1 heteroatoms. The van der Waals surface area contributed by atoms with Gasteiger partial charge in [-0.3, -0.25) is 0 Å². The van der Waals surface area contributed by atoms with Crippen LogP contribution in [0, 0.1) is 22.7 Å². The summed E-state index contributed by atoms with van der Waals surface area (Å²) in [7, 11) is 0. The largest absolute Gasteiger partial charge is 0.198 e. The average molecular weight is 512 g/mol. The van der Waals surface area contributed by atoms with Crippen LogP contribution in [0.5, 0.6) is 0 Å². The Labute approximate surface area is 234 Å². The summed E-state index contributed by atoms with van der Waals surface area (Å²) < 4.78 is 0. The minimum atomic E-state index is -0.0568. The molecule has 206 valence electrons. The van der Waals surface area contributed by atoms with E-state index in [9.17, 15) is 5.26 Å². The maximum atomic E-state index is 9.97. The Kier molecular flexibility index (Phi) is 11.4. The molecule has 0 atom stereocenters. The molecule has 2 saturated carbocycles. The smallest absolute Gasteiger partial charge is 0.0689 e. The zero-order chi connectivity index (χ0) is 26.6. The molecule has 0 unspecified atom stereocenters. The monoisotopic (exact) mass is 511 g/mol. The van der Waals surface area contributed by atoms with E-state index in [4.69, 9.17) is 0 Å². The van der Waals surface area contributed by atoms with E-state index >= 15 is 0 Å². The lowest BCUT2D eigenvalue weighted by atomic mass is 9.67. The molecule has 0 N–H and O–H groups in total. The van der Waals surface area contributed by atoms with Gasteiger partial charge in [0.05, 0.1) is 11.5 Å². The average Bonchev–Trinajstić information content (AvgIpc) is 2.98. The molecule has 0 heterocycles. The van der Waals surface area contributed by atoms with Gasteiger partial charge in [-0.15, -0.1) is 0 Å². The van der Waals surface area contributed by atoms with Crippen molar-refractivity contribution in [2.24, 2.45) is 11.3 Å². The minimum absolute atomic E-state index is 0.0568. The predicted octanol–water partition coefficient (Wildman–Crippen LogP) is 11.7. The highest BCUT2D eigenvalue weighted by Gasteiger charge is 2.35. The normalized spacial score (nSPS) is 25.7. The van der Waals surface area contributed by atoms with E-state index in [1.807, 2.05) is 0 Å². The van der Waals surface area contributed by atoms with Crippen molar-refractivity contribution in [2.75, 3.05) is 0 Å². The van der Waals surface area contributed by atoms with Crippen LogP contribution in [-0.2, 0) is 0 Å². The summed E-state index contributed by atoms with van der Waals surface area (Å²) in [5.41, 5.74) is 5.62. The maximum Gasteiger partial charge on any atom is 0.0689 e. The van der Waals surface area contributed by atoms with Crippen molar-refractivity contribution in [1.29, 1.82) is 5.26 Å². The SMILES string of the molecule is CCCCCCC[C@]1(C#N)CC[C@H](c2ccc(-c3ccc([C@H]4CC[C@H](CCCCC)CC4)cc3)cc2)CC1. The molecule has 0 saturated heterocycles. The number of benzene rings is 2. The fourth-order valence-corrected chi connectivity index (χ4v) is 7.35. The highest BCUT2D eigenvalue weighted by molar-refractivity contribution is 5.64. The van der Waals surface area contributed by atoms with Crippen molar-refractivity contribution in [3.8, 4) is 17.2 Å². The second-order valence-corrected chi connectivity index (χ2v) is 12.8. The number of nitrogens with zero attached hydrogens (tertiary/aromatic N) is 1. The lowest BCUT2D eigenvalue weighted by Gasteiger charge is -2.35. The topological polar surface area (TPSA) is 23.8 Å². The maximum absolute atomic E-state index is 9.97. The van der Waals surface area contributed by atoms with E-state index < -0.39 is 0 Å². The van der Waals surface area contributed by atoms with Gasteiger partial charge in [0.1, 0.15) is 0 Å². The first-order chi connectivity index (χ1) is 18.7. The van der Waals surface area contributed by atoms with Crippen molar-refractivity contribution in [2.45, 2.75) is 141 Å². The van der Waals surface area contributed by atoms with Gasteiger partial charge in [0.25, 0.3) is 0 Å². The van der Waals surface area contributed by atoms with E-state index in [0.29, 0.717) is 5.92 Å². The minimum Gasteiger partial charge on any atom is -0.198 e. The molecular weight excluding hydrogens is 458 g/mol. The molecule has 2 aromatic rings. The Morgan fingerprint density at radius 2 is 1.13 bits per heavy atom. The first-order valence-electron chi connectivity index (χ1n) is 16.3. The molecule has 4 rings (SSSR count). The Morgan fingerprint density at radius 1 is 0.632 bits per heavy atom. The zero-order valence-electron chi connectivity index (χ0n) is 24.5. The second kappa shape index (κ2) is 14.9. The molecule has 0 bridgehead atoms. The third-order valence-corrected chi connectivity index (χ3v) is 10.1. The van der Waals surface area contributed by atoms with Crippen molar-refractivity contribution in [3.05, 3.63) is 59.7 Å². The summed E-state index contributed by atoms with van der Waals surface area (Å²) >= 11 is 0. The predicted molar refractivity (Wildman–Crippen MR) is 163 cm³/mol. The first kappa shape index (κ1) is 28.9. The Morgan fingerprint density at radius 3 is 1.66 bits per heavy atom. The Bertz CT molecular complexity index is 963. The quantitative estimate of drug-likeness (QED) is 0.245. The number of unbranched alkanes of at least 4 members (excludes halogenated alkanes) is 6. The van der Waals surface area contributed by atoms with Gasteiger partial charge in [0.2, 0.25) is 0 Å². The van der Waals surface area contributed by atoms with Crippen molar-refractivity contribution in [3.63, 3.8) is 0 Å². The highest BCUT2D eigenvalue weighted by atomic mass is 14.4. The molecule has 0 spiro atoms. The van der Waals surface area contributed by atoms with Crippen LogP contribution < -0.4 is 0 Å². The van der Waals surface area contributed by atoms with E-state index in [0.717, 1.165) is 43.9 Å². The van der Waals surface area contributed by atoms with Gasteiger partial charge in [0, 0.05) is 0 Å². The molecule has 0 amide bonds. The number of hydrogen-bond donors (Lipinski definition) is 0. The van der Waals surface area contributed by atoms with Crippen LogP contribution in [0.3, 0.4) is 0 Å². The van der Waals surface area contributed by atoms with Crippen LogP contribution in [0.1, 0.15) is 152 Å².